The van der Waals surface area contributed by atoms with Gasteiger partial charge < -0.3 is 10.2 Å². The number of rotatable bonds is 2. The Morgan fingerprint density at radius 2 is 2.10 bits per heavy atom. The number of pyridine rings is 1. The van der Waals surface area contributed by atoms with Crippen molar-refractivity contribution in [3.05, 3.63) is 36.0 Å². The summed E-state index contributed by atoms with van der Waals surface area (Å²) in [5.41, 5.74) is 0.527. The maximum atomic E-state index is 12.8. The lowest BCUT2D eigenvalue weighted by atomic mass is 10.1. The number of carbonyl (C=O) groups is 1. The molecule has 2 aromatic rings. The monoisotopic (exact) mass is 283 g/mol. The summed E-state index contributed by atoms with van der Waals surface area (Å²) in [4.78, 5) is 19.2. The fourth-order valence-electron chi connectivity index (χ4n) is 3.23. The summed E-state index contributed by atoms with van der Waals surface area (Å²) in [5, 5.41) is 5.18. The molecule has 1 N–H and O–H groups in total. The Morgan fingerprint density at radius 1 is 1.33 bits per heavy atom. The molecule has 4 heteroatoms. The summed E-state index contributed by atoms with van der Waals surface area (Å²) in [7, 11) is 1.84. The van der Waals surface area contributed by atoms with Crippen molar-refractivity contribution in [2.45, 2.75) is 26.3 Å². The van der Waals surface area contributed by atoms with Crippen molar-refractivity contribution in [2.24, 2.45) is 5.92 Å². The van der Waals surface area contributed by atoms with E-state index in [1.165, 1.54) is 0 Å². The van der Waals surface area contributed by atoms with E-state index in [-0.39, 0.29) is 5.91 Å². The van der Waals surface area contributed by atoms with E-state index in [1.807, 2.05) is 42.3 Å². The van der Waals surface area contributed by atoms with Crippen LogP contribution in [0.4, 0.5) is 5.82 Å². The van der Waals surface area contributed by atoms with E-state index in [4.69, 9.17) is 0 Å². The third-order valence-electron chi connectivity index (χ3n) is 4.24. The maximum Gasteiger partial charge on any atom is 0.272 e. The first-order valence-electron chi connectivity index (χ1n) is 7.48. The van der Waals surface area contributed by atoms with Gasteiger partial charge >= 0.3 is 0 Å². The topological polar surface area (TPSA) is 45.2 Å². The smallest absolute Gasteiger partial charge is 0.272 e. The van der Waals surface area contributed by atoms with Crippen molar-refractivity contribution in [1.29, 1.82) is 0 Å². The van der Waals surface area contributed by atoms with E-state index in [0.717, 1.165) is 29.6 Å². The molecule has 3 rings (SSSR count). The fourth-order valence-corrected chi connectivity index (χ4v) is 3.23. The fraction of sp³-hybridized carbons (Fsp3) is 0.412. The first kappa shape index (κ1) is 13.9. The predicted molar refractivity (Wildman–Crippen MR) is 85.6 cm³/mol. The van der Waals surface area contributed by atoms with Crippen LogP contribution in [-0.2, 0) is 0 Å². The Labute approximate surface area is 125 Å². The van der Waals surface area contributed by atoms with Crippen LogP contribution in [0.15, 0.2) is 30.3 Å². The number of hydrogen-bond acceptors (Lipinski definition) is 3. The first-order valence-corrected chi connectivity index (χ1v) is 7.48. The standard InChI is InChI=1S/C17H21N3O/c1-11-8-12(2)20(10-11)17(21)15-9-13-6-4-5-7-14(13)16(18-3)19-15/h4-7,9,11-12H,8,10H2,1-3H3,(H,18,19). The lowest BCUT2D eigenvalue weighted by Gasteiger charge is -2.21. The van der Waals surface area contributed by atoms with E-state index >= 15 is 0 Å². The number of hydrogen-bond donors (Lipinski definition) is 1. The van der Waals surface area contributed by atoms with Crippen LogP contribution in [0.25, 0.3) is 10.8 Å². The van der Waals surface area contributed by atoms with E-state index < -0.39 is 0 Å². The number of likely N-dealkylation sites (tertiary alicyclic amines) is 1. The molecule has 1 aromatic carbocycles. The van der Waals surface area contributed by atoms with Gasteiger partial charge in [-0.2, -0.15) is 0 Å². The molecule has 2 unspecified atom stereocenters. The van der Waals surface area contributed by atoms with Gasteiger partial charge in [-0.15, -0.1) is 0 Å². The summed E-state index contributed by atoms with van der Waals surface area (Å²) >= 11 is 0. The molecule has 1 aliphatic heterocycles. The van der Waals surface area contributed by atoms with Gasteiger partial charge in [0.1, 0.15) is 11.5 Å². The minimum Gasteiger partial charge on any atom is -0.373 e. The zero-order valence-corrected chi connectivity index (χ0v) is 12.8. The minimum absolute atomic E-state index is 0.0362. The Kier molecular flexibility index (Phi) is 3.53. The zero-order valence-electron chi connectivity index (χ0n) is 12.8. The van der Waals surface area contributed by atoms with Crippen LogP contribution in [0.3, 0.4) is 0 Å². The van der Waals surface area contributed by atoms with Gasteiger partial charge in [0.25, 0.3) is 5.91 Å². The van der Waals surface area contributed by atoms with Crippen LogP contribution < -0.4 is 5.32 Å². The molecule has 110 valence electrons. The van der Waals surface area contributed by atoms with Crippen LogP contribution in [0.1, 0.15) is 30.8 Å². The third-order valence-corrected chi connectivity index (χ3v) is 4.24. The number of carbonyl (C=O) groups excluding carboxylic acids is 1. The Bertz CT molecular complexity index is 683. The van der Waals surface area contributed by atoms with Gasteiger partial charge in [-0.1, -0.05) is 31.2 Å². The molecule has 4 nitrogen and oxygen atoms in total. The molecule has 1 aromatic heterocycles. The van der Waals surface area contributed by atoms with Gasteiger partial charge in [0.05, 0.1) is 0 Å². The molecular weight excluding hydrogens is 262 g/mol. The minimum atomic E-state index is 0.0362. The summed E-state index contributed by atoms with van der Waals surface area (Å²) in [5.74, 6) is 1.36. The van der Waals surface area contributed by atoms with Crippen LogP contribution >= 0.6 is 0 Å². The van der Waals surface area contributed by atoms with Crippen LogP contribution in [0, 0.1) is 5.92 Å². The molecule has 1 saturated heterocycles. The average molecular weight is 283 g/mol. The normalized spacial score (nSPS) is 21.8. The van der Waals surface area contributed by atoms with Gasteiger partial charge in [-0.25, -0.2) is 4.98 Å². The molecule has 1 aliphatic rings. The number of anilines is 1. The third kappa shape index (κ3) is 2.46. The molecule has 0 bridgehead atoms. The van der Waals surface area contributed by atoms with Crippen molar-refractivity contribution in [1.82, 2.24) is 9.88 Å². The molecule has 2 atom stereocenters. The highest BCUT2D eigenvalue weighted by Gasteiger charge is 2.31. The van der Waals surface area contributed by atoms with Gasteiger partial charge in [-0.05, 0) is 30.7 Å². The Morgan fingerprint density at radius 3 is 2.76 bits per heavy atom. The summed E-state index contributed by atoms with van der Waals surface area (Å²) in [6.45, 7) is 5.13. The van der Waals surface area contributed by atoms with Gasteiger partial charge in [0.15, 0.2) is 0 Å². The van der Waals surface area contributed by atoms with E-state index in [0.29, 0.717) is 17.7 Å². The molecule has 0 aliphatic carbocycles. The SMILES string of the molecule is CNc1nc(C(=O)N2CC(C)CC2C)cc2ccccc12. The zero-order chi connectivity index (χ0) is 15.0. The molecular formula is C17H21N3O. The molecule has 0 radical (unpaired) electrons. The lowest BCUT2D eigenvalue weighted by Crippen LogP contribution is -2.34. The van der Waals surface area contributed by atoms with Crippen LogP contribution in [0.2, 0.25) is 0 Å². The summed E-state index contributed by atoms with van der Waals surface area (Å²) < 4.78 is 0. The van der Waals surface area contributed by atoms with E-state index in [1.54, 1.807) is 0 Å². The quantitative estimate of drug-likeness (QED) is 0.921. The van der Waals surface area contributed by atoms with Gasteiger partial charge in [0, 0.05) is 25.0 Å². The van der Waals surface area contributed by atoms with Gasteiger partial charge in [0.2, 0.25) is 0 Å². The van der Waals surface area contributed by atoms with Crippen molar-refractivity contribution >= 4 is 22.5 Å². The summed E-state index contributed by atoms with van der Waals surface area (Å²) in [6.07, 6.45) is 1.07. The molecule has 1 fully saturated rings. The van der Waals surface area contributed by atoms with E-state index in [2.05, 4.69) is 24.1 Å². The number of fused-ring (bicyclic) bond motifs is 1. The van der Waals surface area contributed by atoms with Gasteiger partial charge in [-0.3, -0.25) is 4.79 Å². The summed E-state index contributed by atoms with van der Waals surface area (Å²) in [6, 6.07) is 10.2. The lowest BCUT2D eigenvalue weighted by molar-refractivity contribution is 0.0738. The highest BCUT2D eigenvalue weighted by atomic mass is 16.2. The second kappa shape index (κ2) is 5.35. The number of nitrogens with zero attached hydrogens (tertiary/aromatic N) is 2. The second-order valence-electron chi connectivity index (χ2n) is 5.97. The molecule has 0 saturated carbocycles. The Balaban J connectivity index is 2.02. The maximum absolute atomic E-state index is 12.8. The Hall–Kier alpha value is -2.10. The van der Waals surface area contributed by atoms with Crippen molar-refractivity contribution in [3.63, 3.8) is 0 Å². The van der Waals surface area contributed by atoms with Crippen molar-refractivity contribution in [3.8, 4) is 0 Å². The highest BCUT2D eigenvalue weighted by molar-refractivity contribution is 6.00. The molecule has 0 spiro atoms. The molecule has 2 heterocycles. The first-order chi connectivity index (χ1) is 10.1. The second-order valence-corrected chi connectivity index (χ2v) is 5.97. The molecule has 21 heavy (non-hydrogen) atoms. The van der Waals surface area contributed by atoms with Crippen molar-refractivity contribution in [2.75, 3.05) is 18.9 Å². The number of benzene rings is 1. The van der Waals surface area contributed by atoms with Crippen LogP contribution in [-0.4, -0.2) is 35.4 Å². The largest absolute Gasteiger partial charge is 0.373 e. The van der Waals surface area contributed by atoms with E-state index in [9.17, 15) is 4.79 Å². The number of nitrogens with one attached hydrogen (secondary N) is 1. The number of aromatic nitrogens is 1. The number of amides is 1. The predicted octanol–water partition coefficient (Wildman–Crippen LogP) is 3.15. The average Bonchev–Trinajstić information content (AvgIpc) is 2.84. The van der Waals surface area contributed by atoms with Crippen LogP contribution in [0.5, 0.6) is 0 Å². The van der Waals surface area contributed by atoms with Crippen molar-refractivity contribution < 1.29 is 4.79 Å². The molecule has 1 amide bonds. The highest BCUT2D eigenvalue weighted by Crippen LogP contribution is 2.27.